The number of aliphatic hydroxyl groups is 1. The van der Waals surface area contributed by atoms with E-state index in [4.69, 9.17) is 0 Å². The Kier molecular flexibility index (Phi) is 3.16. The molecule has 4 aliphatic rings. The van der Waals surface area contributed by atoms with Gasteiger partial charge < -0.3 is 5.11 Å². The molecule has 2 fully saturated rings. The van der Waals surface area contributed by atoms with Crippen LogP contribution in [0.1, 0.15) is 71.1 Å². The SMILES string of the molecule is C=C[C@]1(O)CC[C@H]2[C@@H]3CCC4=C(CCCC4)[C@H]3CC[C@@]21C. The molecule has 4 rings (SSSR count). The Balaban J connectivity index is 1.67. The van der Waals surface area contributed by atoms with E-state index in [1.807, 2.05) is 17.2 Å². The van der Waals surface area contributed by atoms with E-state index < -0.39 is 5.60 Å². The van der Waals surface area contributed by atoms with Crippen LogP contribution in [0.15, 0.2) is 23.8 Å². The minimum atomic E-state index is -0.607. The van der Waals surface area contributed by atoms with Gasteiger partial charge in [-0.25, -0.2) is 0 Å². The third-order valence-corrected chi connectivity index (χ3v) is 7.85. The van der Waals surface area contributed by atoms with Crippen LogP contribution in [-0.2, 0) is 0 Å². The van der Waals surface area contributed by atoms with E-state index in [0.717, 1.165) is 24.2 Å². The van der Waals surface area contributed by atoms with Gasteiger partial charge in [0.05, 0.1) is 5.60 Å². The minimum Gasteiger partial charge on any atom is -0.385 e. The van der Waals surface area contributed by atoms with Gasteiger partial charge in [0.1, 0.15) is 0 Å². The molecule has 116 valence electrons. The zero-order valence-electron chi connectivity index (χ0n) is 13.5. The quantitative estimate of drug-likeness (QED) is 0.672. The van der Waals surface area contributed by atoms with E-state index in [2.05, 4.69) is 13.5 Å². The molecule has 1 N–H and O–H groups in total. The van der Waals surface area contributed by atoms with Crippen LogP contribution in [0.2, 0.25) is 0 Å². The molecule has 0 aromatic carbocycles. The molecule has 0 aromatic heterocycles. The summed E-state index contributed by atoms with van der Waals surface area (Å²) in [6, 6.07) is 0. The Labute approximate surface area is 129 Å². The molecule has 0 amide bonds. The number of allylic oxidation sites excluding steroid dienone is 2. The topological polar surface area (TPSA) is 20.2 Å². The molecule has 0 aliphatic heterocycles. The molecule has 5 atom stereocenters. The van der Waals surface area contributed by atoms with E-state index in [-0.39, 0.29) is 5.41 Å². The lowest BCUT2D eigenvalue weighted by Gasteiger charge is -2.53. The highest BCUT2D eigenvalue weighted by Gasteiger charge is 2.60. The first-order valence-electron chi connectivity index (χ1n) is 9.16. The van der Waals surface area contributed by atoms with Gasteiger partial charge in [0.15, 0.2) is 0 Å². The molecular weight excluding hydrogens is 256 g/mol. The molecule has 2 saturated carbocycles. The van der Waals surface area contributed by atoms with Gasteiger partial charge in [-0.1, -0.05) is 24.1 Å². The zero-order valence-corrected chi connectivity index (χ0v) is 13.5. The zero-order chi connectivity index (χ0) is 14.7. The van der Waals surface area contributed by atoms with E-state index >= 15 is 0 Å². The van der Waals surface area contributed by atoms with Crippen LogP contribution in [-0.4, -0.2) is 10.7 Å². The second-order valence-electron chi connectivity index (χ2n) is 8.37. The molecule has 4 aliphatic carbocycles. The van der Waals surface area contributed by atoms with Crippen molar-refractivity contribution in [3.63, 3.8) is 0 Å². The third kappa shape index (κ3) is 1.79. The van der Waals surface area contributed by atoms with Crippen molar-refractivity contribution in [3.05, 3.63) is 23.8 Å². The Morgan fingerprint density at radius 2 is 1.90 bits per heavy atom. The van der Waals surface area contributed by atoms with Gasteiger partial charge in [0.25, 0.3) is 0 Å². The predicted octanol–water partition coefficient (Wildman–Crippen LogP) is 5.01. The summed E-state index contributed by atoms with van der Waals surface area (Å²) in [7, 11) is 0. The lowest BCUT2D eigenvalue weighted by molar-refractivity contribution is -0.0767. The first-order chi connectivity index (χ1) is 10.1. The van der Waals surface area contributed by atoms with Gasteiger partial charge in [0.2, 0.25) is 0 Å². The lowest BCUT2D eigenvalue weighted by Crippen LogP contribution is -2.50. The first kappa shape index (κ1) is 14.1. The van der Waals surface area contributed by atoms with E-state index in [0.29, 0.717) is 0 Å². The summed E-state index contributed by atoms with van der Waals surface area (Å²) in [6.45, 7) is 6.32. The van der Waals surface area contributed by atoms with Crippen LogP contribution in [0.4, 0.5) is 0 Å². The summed E-state index contributed by atoms with van der Waals surface area (Å²) in [4.78, 5) is 0. The average molecular weight is 286 g/mol. The van der Waals surface area contributed by atoms with Gasteiger partial charge in [-0.2, -0.15) is 0 Å². The van der Waals surface area contributed by atoms with Crippen molar-refractivity contribution in [2.75, 3.05) is 0 Å². The molecule has 0 bridgehead atoms. The van der Waals surface area contributed by atoms with E-state index in [9.17, 15) is 5.11 Å². The normalized spacial score (nSPS) is 49.3. The van der Waals surface area contributed by atoms with Crippen LogP contribution >= 0.6 is 0 Å². The van der Waals surface area contributed by atoms with Crippen LogP contribution in [0.25, 0.3) is 0 Å². The maximum absolute atomic E-state index is 11.0. The van der Waals surface area contributed by atoms with Gasteiger partial charge in [-0.3, -0.25) is 0 Å². The largest absolute Gasteiger partial charge is 0.385 e. The van der Waals surface area contributed by atoms with Crippen LogP contribution in [0.3, 0.4) is 0 Å². The highest BCUT2D eigenvalue weighted by Crippen LogP contribution is 2.64. The summed E-state index contributed by atoms with van der Waals surface area (Å²) in [6.07, 6.45) is 14.9. The van der Waals surface area contributed by atoms with Crippen molar-refractivity contribution < 1.29 is 5.11 Å². The monoisotopic (exact) mass is 286 g/mol. The maximum atomic E-state index is 11.0. The standard InChI is InChI=1S/C20H30O/c1-3-20(21)13-11-18-17-9-8-14-6-4-5-7-15(14)16(17)10-12-19(18,20)2/h3,16-18,21H,1,4-13H2,2H3/t16-,17-,18+,19+,20+/m1/s1. The molecular formula is C20H30O. The first-order valence-corrected chi connectivity index (χ1v) is 9.16. The highest BCUT2D eigenvalue weighted by molar-refractivity contribution is 5.28. The fourth-order valence-electron chi connectivity index (χ4n) is 6.57. The van der Waals surface area contributed by atoms with E-state index in [1.165, 1.54) is 57.8 Å². The van der Waals surface area contributed by atoms with Gasteiger partial charge >= 0.3 is 0 Å². The summed E-state index contributed by atoms with van der Waals surface area (Å²) >= 11 is 0. The molecule has 0 radical (unpaired) electrons. The summed E-state index contributed by atoms with van der Waals surface area (Å²) < 4.78 is 0. The Morgan fingerprint density at radius 1 is 1.10 bits per heavy atom. The van der Waals surface area contributed by atoms with Crippen molar-refractivity contribution in [1.82, 2.24) is 0 Å². The van der Waals surface area contributed by atoms with Gasteiger partial charge in [-0.15, -0.1) is 6.58 Å². The van der Waals surface area contributed by atoms with Crippen molar-refractivity contribution >= 4 is 0 Å². The number of fused-ring (bicyclic) bond motifs is 4. The smallest absolute Gasteiger partial charge is 0.0881 e. The Morgan fingerprint density at radius 3 is 2.71 bits per heavy atom. The molecule has 1 heteroatoms. The van der Waals surface area contributed by atoms with Gasteiger partial charge in [-0.05, 0) is 82.0 Å². The summed E-state index contributed by atoms with van der Waals surface area (Å²) in [5.41, 5.74) is 3.18. The van der Waals surface area contributed by atoms with Crippen LogP contribution in [0.5, 0.6) is 0 Å². The fraction of sp³-hybridized carbons (Fsp3) is 0.800. The van der Waals surface area contributed by atoms with Crippen molar-refractivity contribution in [2.45, 2.75) is 76.7 Å². The molecule has 0 heterocycles. The second kappa shape index (κ2) is 4.72. The number of hydrogen-bond acceptors (Lipinski definition) is 1. The van der Waals surface area contributed by atoms with Crippen LogP contribution < -0.4 is 0 Å². The Hall–Kier alpha value is -0.560. The summed E-state index contributed by atoms with van der Waals surface area (Å²) in [5, 5.41) is 11.0. The Bertz CT molecular complexity index is 490. The van der Waals surface area contributed by atoms with Crippen molar-refractivity contribution in [2.24, 2.45) is 23.2 Å². The van der Waals surface area contributed by atoms with E-state index in [1.54, 1.807) is 0 Å². The van der Waals surface area contributed by atoms with Crippen molar-refractivity contribution in [3.8, 4) is 0 Å². The second-order valence-corrected chi connectivity index (χ2v) is 8.37. The number of hydrogen-bond donors (Lipinski definition) is 1. The lowest BCUT2D eigenvalue weighted by atomic mass is 9.52. The molecule has 0 spiro atoms. The maximum Gasteiger partial charge on any atom is 0.0881 e. The fourth-order valence-corrected chi connectivity index (χ4v) is 6.57. The highest BCUT2D eigenvalue weighted by atomic mass is 16.3. The predicted molar refractivity (Wildman–Crippen MR) is 86.9 cm³/mol. The van der Waals surface area contributed by atoms with Crippen LogP contribution in [0, 0.1) is 23.2 Å². The number of rotatable bonds is 1. The molecule has 0 aromatic rings. The molecule has 21 heavy (non-hydrogen) atoms. The third-order valence-electron chi connectivity index (χ3n) is 7.85. The van der Waals surface area contributed by atoms with Gasteiger partial charge in [0, 0.05) is 5.41 Å². The summed E-state index contributed by atoms with van der Waals surface area (Å²) in [5.74, 6) is 2.42. The average Bonchev–Trinajstić information content (AvgIpc) is 2.79. The van der Waals surface area contributed by atoms with Crippen molar-refractivity contribution in [1.29, 1.82) is 0 Å². The molecule has 0 saturated heterocycles. The minimum absolute atomic E-state index is 0.0860. The molecule has 0 unspecified atom stereocenters. The molecule has 1 nitrogen and oxygen atoms in total.